The van der Waals surface area contributed by atoms with Crippen molar-refractivity contribution in [3.63, 3.8) is 0 Å². The second-order valence-corrected chi connectivity index (χ2v) is 8.28. The maximum absolute atomic E-state index is 13.2. The molecular weight excluding hydrogens is 406 g/mol. The minimum Gasteiger partial charge on any atom is -0.324 e. The van der Waals surface area contributed by atoms with E-state index in [1.807, 2.05) is 0 Å². The van der Waals surface area contributed by atoms with Gasteiger partial charge in [0.15, 0.2) is 0 Å². The molecule has 0 bridgehead atoms. The van der Waals surface area contributed by atoms with Crippen molar-refractivity contribution >= 4 is 33.0 Å². The lowest BCUT2D eigenvalue weighted by molar-refractivity contribution is -0.385. The van der Waals surface area contributed by atoms with Gasteiger partial charge in [-0.25, -0.2) is 8.42 Å². The van der Waals surface area contributed by atoms with E-state index in [0.29, 0.717) is 5.69 Å². The molecule has 0 aliphatic heterocycles. The Balaban J connectivity index is 1.92. The molecule has 0 aromatic heterocycles. The number of carbonyl (C=O) groups is 1. The molecule has 0 aliphatic rings. The van der Waals surface area contributed by atoms with Crippen LogP contribution in [0.4, 0.5) is 17.1 Å². The quantitative estimate of drug-likeness (QED) is 0.458. The Kier molecular flexibility index (Phi) is 6.12. The summed E-state index contributed by atoms with van der Waals surface area (Å²) in [5, 5.41) is 13.7. The van der Waals surface area contributed by atoms with Crippen LogP contribution >= 0.6 is 0 Å². The predicted octanol–water partition coefficient (Wildman–Crippen LogP) is 3.74. The summed E-state index contributed by atoms with van der Waals surface area (Å²) in [7, 11) is -4.01. The molecule has 1 N–H and O–H groups in total. The molecule has 0 atom stereocenters. The van der Waals surface area contributed by atoms with E-state index >= 15 is 0 Å². The maximum atomic E-state index is 13.2. The summed E-state index contributed by atoms with van der Waals surface area (Å²) in [6.45, 7) is 1.02. The number of nitrogens with zero attached hydrogens (tertiary/aromatic N) is 2. The lowest BCUT2D eigenvalue weighted by atomic mass is 10.1. The van der Waals surface area contributed by atoms with Gasteiger partial charge in [0.2, 0.25) is 5.91 Å². The standard InChI is InChI=1S/C21H19N3O5S/c1-16-19(13-8-14-20(16)24(26)27)22-21(25)15-23(17-9-4-2-5-10-17)30(28,29)18-11-6-3-7-12-18/h2-14H,15H2,1H3,(H,22,25). The van der Waals surface area contributed by atoms with E-state index in [0.717, 1.165) is 4.31 Å². The van der Waals surface area contributed by atoms with Gasteiger partial charge in [-0.15, -0.1) is 0 Å². The largest absolute Gasteiger partial charge is 0.324 e. The van der Waals surface area contributed by atoms with Gasteiger partial charge in [0.1, 0.15) is 6.54 Å². The first-order valence-corrected chi connectivity index (χ1v) is 10.4. The summed E-state index contributed by atoms with van der Waals surface area (Å²) in [5.74, 6) is -0.623. The summed E-state index contributed by atoms with van der Waals surface area (Å²) < 4.78 is 27.4. The van der Waals surface area contributed by atoms with Gasteiger partial charge in [-0.2, -0.15) is 0 Å². The molecule has 8 nitrogen and oxygen atoms in total. The van der Waals surface area contributed by atoms with Crippen molar-refractivity contribution in [1.82, 2.24) is 0 Å². The van der Waals surface area contributed by atoms with Crippen LogP contribution in [-0.4, -0.2) is 25.8 Å². The number of hydrogen-bond acceptors (Lipinski definition) is 5. The molecule has 0 saturated carbocycles. The zero-order chi connectivity index (χ0) is 21.7. The molecule has 0 spiro atoms. The molecule has 3 rings (SSSR count). The fraction of sp³-hybridized carbons (Fsp3) is 0.0952. The molecule has 0 aliphatic carbocycles. The van der Waals surface area contributed by atoms with E-state index < -0.39 is 27.4 Å². The van der Waals surface area contributed by atoms with Crippen LogP contribution in [0.3, 0.4) is 0 Å². The van der Waals surface area contributed by atoms with Crippen molar-refractivity contribution in [3.05, 3.63) is 94.5 Å². The molecule has 0 heterocycles. The fourth-order valence-corrected chi connectivity index (χ4v) is 4.35. The molecular formula is C21H19N3O5S. The number of anilines is 2. The van der Waals surface area contributed by atoms with Gasteiger partial charge in [0.25, 0.3) is 15.7 Å². The van der Waals surface area contributed by atoms with Crippen LogP contribution in [0.1, 0.15) is 5.56 Å². The lowest BCUT2D eigenvalue weighted by Gasteiger charge is -2.24. The molecule has 0 saturated heterocycles. The van der Waals surface area contributed by atoms with Gasteiger partial charge in [-0.3, -0.25) is 19.2 Å². The highest BCUT2D eigenvalue weighted by atomic mass is 32.2. The molecule has 30 heavy (non-hydrogen) atoms. The van der Waals surface area contributed by atoms with E-state index in [4.69, 9.17) is 0 Å². The van der Waals surface area contributed by atoms with Crippen LogP contribution in [0.5, 0.6) is 0 Å². The van der Waals surface area contributed by atoms with E-state index in [1.54, 1.807) is 48.5 Å². The van der Waals surface area contributed by atoms with Crippen LogP contribution in [0.15, 0.2) is 83.8 Å². The number of rotatable bonds is 7. The van der Waals surface area contributed by atoms with Gasteiger partial charge in [0, 0.05) is 6.07 Å². The first-order chi connectivity index (χ1) is 14.3. The van der Waals surface area contributed by atoms with E-state index in [9.17, 15) is 23.3 Å². The number of nitrogens with one attached hydrogen (secondary N) is 1. The third kappa shape index (κ3) is 4.47. The highest BCUT2D eigenvalue weighted by Crippen LogP contribution is 2.26. The van der Waals surface area contributed by atoms with Crippen molar-refractivity contribution in [1.29, 1.82) is 0 Å². The van der Waals surface area contributed by atoms with Crippen molar-refractivity contribution in [2.45, 2.75) is 11.8 Å². The highest BCUT2D eigenvalue weighted by molar-refractivity contribution is 7.92. The number of sulfonamides is 1. The van der Waals surface area contributed by atoms with Crippen molar-refractivity contribution in [2.24, 2.45) is 0 Å². The van der Waals surface area contributed by atoms with Crippen molar-refractivity contribution < 1.29 is 18.1 Å². The number of hydrogen-bond donors (Lipinski definition) is 1. The Labute approximate surface area is 174 Å². The number of nitro groups is 1. The maximum Gasteiger partial charge on any atom is 0.274 e. The normalized spacial score (nSPS) is 11.0. The summed E-state index contributed by atoms with van der Waals surface area (Å²) in [6, 6.07) is 20.4. The number of para-hydroxylation sites is 1. The third-order valence-corrected chi connectivity index (χ3v) is 6.23. The molecule has 0 fully saturated rings. The number of nitro benzene ring substituents is 1. The summed E-state index contributed by atoms with van der Waals surface area (Å²) in [5.41, 5.74) is 0.726. The average Bonchev–Trinajstić information content (AvgIpc) is 2.74. The zero-order valence-electron chi connectivity index (χ0n) is 16.1. The third-order valence-electron chi connectivity index (χ3n) is 4.44. The molecule has 0 unspecified atom stereocenters. The van der Waals surface area contributed by atoms with Crippen molar-refractivity contribution in [3.8, 4) is 0 Å². The molecule has 0 radical (unpaired) electrons. The second-order valence-electron chi connectivity index (χ2n) is 6.42. The van der Waals surface area contributed by atoms with Gasteiger partial charge in [0.05, 0.1) is 26.8 Å². The Hall–Kier alpha value is -3.72. The van der Waals surface area contributed by atoms with Crippen LogP contribution in [0, 0.1) is 17.0 Å². The molecule has 1 amide bonds. The van der Waals surface area contributed by atoms with Gasteiger partial charge in [-0.05, 0) is 37.3 Å². The van der Waals surface area contributed by atoms with Gasteiger partial charge in [-0.1, -0.05) is 42.5 Å². The monoisotopic (exact) mass is 425 g/mol. The fourth-order valence-electron chi connectivity index (χ4n) is 2.91. The first-order valence-electron chi connectivity index (χ1n) is 8.97. The Morgan fingerprint density at radius 2 is 1.57 bits per heavy atom. The molecule has 3 aromatic carbocycles. The summed E-state index contributed by atoms with van der Waals surface area (Å²) in [6.07, 6.45) is 0. The van der Waals surface area contributed by atoms with E-state index in [1.165, 1.54) is 37.3 Å². The van der Waals surface area contributed by atoms with Crippen LogP contribution in [0.25, 0.3) is 0 Å². The topological polar surface area (TPSA) is 110 Å². The number of carbonyl (C=O) groups excluding carboxylic acids is 1. The lowest BCUT2D eigenvalue weighted by Crippen LogP contribution is -2.38. The van der Waals surface area contributed by atoms with Gasteiger partial charge < -0.3 is 5.32 Å². The van der Waals surface area contributed by atoms with Crippen LogP contribution in [0.2, 0.25) is 0 Å². The number of benzene rings is 3. The predicted molar refractivity (Wildman–Crippen MR) is 114 cm³/mol. The minimum atomic E-state index is -4.01. The second kappa shape index (κ2) is 8.75. The van der Waals surface area contributed by atoms with E-state index in [-0.39, 0.29) is 21.8 Å². The van der Waals surface area contributed by atoms with E-state index in [2.05, 4.69) is 5.32 Å². The molecule has 9 heteroatoms. The highest BCUT2D eigenvalue weighted by Gasteiger charge is 2.27. The molecule has 3 aromatic rings. The van der Waals surface area contributed by atoms with Crippen LogP contribution < -0.4 is 9.62 Å². The number of amides is 1. The Bertz CT molecular complexity index is 1170. The Morgan fingerprint density at radius 1 is 0.967 bits per heavy atom. The average molecular weight is 425 g/mol. The van der Waals surface area contributed by atoms with Crippen LogP contribution in [-0.2, 0) is 14.8 Å². The first kappa shape index (κ1) is 21.0. The smallest absolute Gasteiger partial charge is 0.274 e. The SMILES string of the molecule is Cc1c(NC(=O)CN(c2ccccc2)S(=O)(=O)c2ccccc2)cccc1[N+](=O)[O-]. The minimum absolute atomic E-state index is 0.0492. The summed E-state index contributed by atoms with van der Waals surface area (Å²) >= 11 is 0. The van der Waals surface area contributed by atoms with Crippen molar-refractivity contribution in [2.75, 3.05) is 16.2 Å². The summed E-state index contributed by atoms with van der Waals surface area (Å²) in [4.78, 5) is 23.3. The Morgan fingerprint density at radius 3 is 2.17 bits per heavy atom. The zero-order valence-corrected chi connectivity index (χ0v) is 16.9. The molecule has 154 valence electrons. The van der Waals surface area contributed by atoms with Gasteiger partial charge >= 0.3 is 0 Å².